The number of aromatic nitrogens is 3. The number of carbonyl (C=O) groups is 1. The molecule has 1 amide bonds. The standard InChI is InChI=1S/C16H19N5O/c1-12(2)8-14(13-6-4-3-5-7-13)19-16(22)10-21-11-18-15(9-17)20-21/h3-7,11-12,14H,8,10H2,1-2H3,(H,19,22)/t14-/m1/s1. The maximum absolute atomic E-state index is 12.2. The fourth-order valence-electron chi connectivity index (χ4n) is 2.24. The highest BCUT2D eigenvalue weighted by Crippen LogP contribution is 2.20. The predicted molar refractivity (Wildman–Crippen MR) is 81.5 cm³/mol. The van der Waals surface area contributed by atoms with E-state index >= 15 is 0 Å². The van der Waals surface area contributed by atoms with Gasteiger partial charge in [-0.2, -0.15) is 5.26 Å². The molecule has 0 fully saturated rings. The smallest absolute Gasteiger partial charge is 0.252 e. The van der Waals surface area contributed by atoms with Crippen molar-refractivity contribution in [3.8, 4) is 6.07 Å². The number of hydrogen-bond donors (Lipinski definition) is 1. The zero-order chi connectivity index (χ0) is 15.9. The molecule has 0 aliphatic heterocycles. The summed E-state index contributed by atoms with van der Waals surface area (Å²) >= 11 is 0. The summed E-state index contributed by atoms with van der Waals surface area (Å²) in [5, 5.41) is 15.6. The van der Waals surface area contributed by atoms with Crippen molar-refractivity contribution in [2.75, 3.05) is 0 Å². The number of nitrogens with zero attached hydrogens (tertiary/aromatic N) is 4. The Bertz CT molecular complexity index is 657. The van der Waals surface area contributed by atoms with Gasteiger partial charge < -0.3 is 5.32 Å². The number of carbonyl (C=O) groups excluding carboxylic acids is 1. The highest BCUT2D eigenvalue weighted by atomic mass is 16.2. The van der Waals surface area contributed by atoms with E-state index in [2.05, 4.69) is 29.2 Å². The van der Waals surface area contributed by atoms with Crippen LogP contribution in [0.5, 0.6) is 0 Å². The lowest BCUT2D eigenvalue weighted by Gasteiger charge is -2.21. The molecule has 0 spiro atoms. The zero-order valence-electron chi connectivity index (χ0n) is 12.7. The van der Waals surface area contributed by atoms with Gasteiger partial charge in [-0.05, 0) is 17.9 Å². The highest BCUT2D eigenvalue weighted by molar-refractivity contribution is 5.76. The molecule has 1 aromatic carbocycles. The summed E-state index contributed by atoms with van der Waals surface area (Å²) in [5.41, 5.74) is 1.08. The second-order valence-electron chi connectivity index (χ2n) is 5.54. The van der Waals surface area contributed by atoms with Gasteiger partial charge in [0.1, 0.15) is 18.9 Å². The van der Waals surface area contributed by atoms with Crippen molar-refractivity contribution in [3.63, 3.8) is 0 Å². The topological polar surface area (TPSA) is 83.6 Å². The number of hydrogen-bond acceptors (Lipinski definition) is 4. The minimum atomic E-state index is -0.149. The molecular weight excluding hydrogens is 278 g/mol. The molecule has 1 N–H and O–H groups in total. The van der Waals surface area contributed by atoms with E-state index in [-0.39, 0.29) is 24.3 Å². The lowest BCUT2D eigenvalue weighted by Crippen LogP contribution is -2.32. The molecule has 114 valence electrons. The molecule has 2 aromatic rings. The Morgan fingerprint density at radius 3 is 2.68 bits per heavy atom. The van der Waals surface area contributed by atoms with Crippen LogP contribution in [0.2, 0.25) is 0 Å². The van der Waals surface area contributed by atoms with Crippen LogP contribution in [-0.2, 0) is 11.3 Å². The lowest BCUT2D eigenvalue weighted by atomic mass is 9.97. The summed E-state index contributed by atoms with van der Waals surface area (Å²) in [7, 11) is 0. The number of rotatable bonds is 6. The molecule has 6 nitrogen and oxygen atoms in total. The number of nitriles is 1. The van der Waals surface area contributed by atoms with Gasteiger partial charge >= 0.3 is 0 Å². The van der Waals surface area contributed by atoms with Crippen molar-refractivity contribution in [2.24, 2.45) is 5.92 Å². The summed E-state index contributed by atoms with van der Waals surface area (Å²) in [6.07, 6.45) is 2.24. The van der Waals surface area contributed by atoms with Crippen LogP contribution < -0.4 is 5.32 Å². The average Bonchev–Trinajstić information content (AvgIpc) is 2.94. The third-order valence-corrected chi connectivity index (χ3v) is 3.19. The third-order valence-electron chi connectivity index (χ3n) is 3.19. The van der Waals surface area contributed by atoms with Crippen molar-refractivity contribution in [3.05, 3.63) is 48.0 Å². The lowest BCUT2D eigenvalue weighted by molar-refractivity contribution is -0.122. The highest BCUT2D eigenvalue weighted by Gasteiger charge is 2.16. The second-order valence-corrected chi connectivity index (χ2v) is 5.54. The molecule has 2 rings (SSSR count). The SMILES string of the molecule is CC(C)C[C@@H](NC(=O)Cn1cnc(C#N)n1)c1ccccc1. The van der Waals surface area contributed by atoms with Gasteiger partial charge in [-0.1, -0.05) is 44.2 Å². The first kappa shape index (κ1) is 15.7. The molecule has 0 bridgehead atoms. The summed E-state index contributed by atoms with van der Waals surface area (Å²) < 4.78 is 1.37. The van der Waals surface area contributed by atoms with Crippen molar-refractivity contribution in [1.82, 2.24) is 20.1 Å². The molecule has 6 heteroatoms. The van der Waals surface area contributed by atoms with E-state index in [9.17, 15) is 4.79 Å². The Labute approximate surface area is 129 Å². The van der Waals surface area contributed by atoms with Crippen LogP contribution in [0.25, 0.3) is 0 Å². The first-order chi connectivity index (χ1) is 10.6. The fourth-order valence-corrected chi connectivity index (χ4v) is 2.24. The molecule has 0 saturated carbocycles. The maximum atomic E-state index is 12.2. The molecule has 0 saturated heterocycles. The molecule has 1 aromatic heterocycles. The quantitative estimate of drug-likeness (QED) is 0.884. The molecule has 1 atom stereocenters. The Balaban J connectivity index is 2.03. The van der Waals surface area contributed by atoms with E-state index in [0.717, 1.165) is 12.0 Å². The zero-order valence-corrected chi connectivity index (χ0v) is 12.7. The minimum Gasteiger partial charge on any atom is -0.348 e. The van der Waals surface area contributed by atoms with Crippen LogP contribution in [0.4, 0.5) is 0 Å². The molecule has 0 aliphatic rings. The summed E-state index contributed by atoms with van der Waals surface area (Å²) in [6, 6.07) is 11.7. The number of benzene rings is 1. The van der Waals surface area contributed by atoms with Crippen molar-refractivity contribution >= 4 is 5.91 Å². The van der Waals surface area contributed by atoms with E-state index in [4.69, 9.17) is 5.26 Å². The molecule has 22 heavy (non-hydrogen) atoms. The van der Waals surface area contributed by atoms with Gasteiger partial charge in [0.2, 0.25) is 5.91 Å². The van der Waals surface area contributed by atoms with E-state index in [1.807, 2.05) is 36.4 Å². The Morgan fingerprint density at radius 2 is 2.09 bits per heavy atom. The van der Waals surface area contributed by atoms with Gasteiger partial charge in [0.05, 0.1) is 6.04 Å². The summed E-state index contributed by atoms with van der Waals surface area (Å²) in [4.78, 5) is 16.0. The van der Waals surface area contributed by atoms with Crippen molar-refractivity contribution < 1.29 is 4.79 Å². The molecule has 0 aliphatic carbocycles. The summed E-state index contributed by atoms with van der Waals surface area (Å²) in [6.45, 7) is 4.30. The normalized spacial score (nSPS) is 11.9. The Kier molecular flexibility index (Phi) is 5.26. The van der Waals surface area contributed by atoms with Crippen molar-refractivity contribution in [2.45, 2.75) is 32.9 Å². The Morgan fingerprint density at radius 1 is 1.36 bits per heavy atom. The monoisotopic (exact) mass is 297 g/mol. The van der Waals surface area contributed by atoms with Gasteiger partial charge in [-0.15, -0.1) is 5.10 Å². The van der Waals surface area contributed by atoms with Crippen LogP contribution in [0, 0.1) is 17.2 Å². The van der Waals surface area contributed by atoms with Crippen LogP contribution >= 0.6 is 0 Å². The van der Waals surface area contributed by atoms with Crippen LogP contribution in [0.1, 0.15) is 37.7 Å². The predicted octanol–water partition coefficient (Wildman–Crippen LogP) is 2.05. The Hall–Kier alpha value is -2.68. The van der Waals surface area contributed by atoms with Gasteiger partial charge in [-0.25, -0.2) is 9.67 Å². The van der Waals surface area contributed by atoms with Gasteiger partial charge in [-0.3, -0.25) is 4.79 Å². The van der Waals surface area contributed by atoms with E-state index in [0.29, 0.717) is 5.92 Å². The van der Waals surface area contributed by atoms with Crippen LogP contribution in [0.15, 0.2) is 36.7 Å². The maximum Gasteiger partial charge on any atom is 0.252 e. The van der Waals surface area contributed by atoms with E-state index < -0.39 is 0 Å². The molecular formula is C16H19N5O. The van der Waals surface area contributed by atoms with E-state index in [1.54, 1.807) is 0 Å². The first-order valence-corrected chi connectivity index (χ1v) is 7.22. The number of nitrogens with one attached hydrogen (secondary N) is 1. The van der Waals surface area contributed by atoms with Gasteiger partial charge in [0.15, 0.2) is 0 Å². The first-order valence-electron chi connectivity index (χ1n) is 7.22. The second kappa shape index (κ2) is 7.36. The molecule has 0 radical (unpaired) electrons. The third kappa shape index (κ3) is 4.42. The van der Waals surface area contributed by atoms with Crippen LogP contribution in [-0.4, -0.2) is 20.7 Å². The number of amides is 1. The average molecular weight is 297 g/mol. The van der Waals surface area contributed by atoms with Gasteiger partial charge in [0.25, 0.3) is 5.82 Å². The molecule has 0 unspecified atom stereocenters. The van der Waals surface area contributed by atoms with Gasteiger partial charge in [0, 0.05) is 0 Å². The van der Waals surface area contributed by atoms with Crippen molar-refractivity contribution in [1.29, 1.82) is 5.26 Å². The molecule has 1 heterocycles. The van der Waals surface area contributed by atoms with Crippen LogP contribution in [0.3, 0.4) is 0 Å². The summed E-state index contributed by atoms with van der Waals surface area (Å²) in [5.74, 6) is 0.376. The largest absolute Gasteiger partial charge is 0.348 e. The minimum absolute atomic E-state index is 0.0346. The fraction of sp³-hybridized carbons (Fsp3) is 0.375. The van der Waals surface area contributed by atoms with E-state index in [1.165, 1.54) is 11.0 Å².